The van der Waals surface area contributed by atoms with Crippen molar-refractivity contribution < 1.29 is 9.53 Å². The molecule has 2 aromatic rings. The fraction of sp³-hybridized carbons (Fsp3) is 0.455. The highest BCUT2D eigenvalue weighted by atomic mass is 32.1. The number of aliphatic imine (C=N–C) groups is 1. The van der Waals surface area contributed by atoms with E-state index in [0.717, 1.165) is 44.7 Å². The second kappa shape index (κ2) is 10.9. The van der Waals surface area contributed by atoms with Crippen LogP contribution in [0.5, 0.6) is 5.75 Å². The molecule has 0 atom stereocenters. The van der Waals surface area contributed by atoms with Gasteiger partial charge in [-0.05, 0) is 55.5 Å². The lowest BCUT2D eigenvalue weighted by atomic mass is 10.1. The Bertz CT molecular complexity index is 812. The normalized spacial score (nSPS) is 13.8. The molecule has 1 fully saturated rings. The standard InChI is InChI=1S/C22H30N4O2S/c1-3-19-10-11-20(29-19)14-25-22(23-2)24-13-12-16-4-8-18(9-5-16)28-15-21(27)26-17-6-7-17/h4-5,8-11,17H,3,6-7,12-15H2,1-2H3,(H,26,27)(H2,23,24,25). The van der Waals surface area contributed by atoms with Crippen LogP contribution in [0.2, 0.25) is 0 Å². The van der Waals surface area contributed by atoms with Gasteiger partial charge in [0.25, 0.3) is 5.91 Å². The van der Waals surface area contributed by atoms with Gasteiger partial charge in [-0.1, -0.05) is 19.1 Å². The maximum atomic E-state index is 11.7. The molecule has 3 rings (SSSR count). The van der Waals surface area contributed by atoms with Crippen LogP contribution in [0.3, 0.4) is 0 Å². The smallest absolute Gasteiger partial charge is 0.258 e. The highest BCUT2D eigenvalue weighted by Crippen LogP contribution is 2.18. The predicted octanol–water partition coefficient (Wildman–Crippen LogP) is 2.88. The summed E-state index contributed by atoms with van der Waals surface area (Å²) in [6, 6.07) is 12.6. The van der Waals surface area contributed by atoms with Crippen molar-refractivity contribution in [3.63, 3.8) is 0 Å². The zero-order valence-electron chi connectivity index (χ0n) is 17.2. The highest BCUT2D eigenvalue weighted by Gasteiger charge is 2.23. The molecule has 0 saturated heterocycles. The van der Waals surface area contributed by atoms with E-state index < -0.39 is 0 Å². The van der Waals surface area contributed by atoms with E-state index in [1.54, 1.807) is 7.05 Å². The van der Waals surface area contributed by atoms with Crippen molar-refractivity contribution in [2.75, 3.05) is 20.2 Å². The maximum Gasteiger partial charge on any atom is 0.258 e. The molecule has 7 heteroatoms. The van der Waals surface area contributed by atoms with E-state index in [4.69, 9.17) is 4.74 Å². The van der Waals surface area contributed by atoms with Gasteiger partial charge in [0.15, 0.2) is 12.6 Å². The maximum absolute atomic E-state index is 11.7. The van der Waals surface area contributed by atoms with Gasteiger partial charge in [0.1, 0.15) is 5.75 Å². The van der Waals surface area contributed by atoms with Gasteiger partial charge in [-0.3, -0.25) is 9.79 Å². The van der Waals surface area contributed by atoms with Crippen LogP contribution in [-0.4, -0.2) is 38.1 Å². The van der Waals surface area contributed by atoms with Crippen molar-refractivity contribution >= 4 is 23.2 Å². The van der Waals surface area contributed by atoms with E-state index in [1.165, 1.54) is 15.3 Å². The van der Waals surface area contributed by atoms with Gasteiger partial charge in [-0.25, -0.2) is 0 Å². The fourth-order valence-corrected chi connectivity index (χ4v) is 3.72. The Morgan fingerprint density at radius 2 is 1.90 bits per heavy atom. The summed E-state index contributed by atoms with van der Waals surface area (Å²) in [4.78, 5) is 18.7. The molecule has 1 amide bonds. The number of aryl methyl sites for hydroxylation is 1. The highest BCUT2D eigenvalue weighted by molar-refractivity contribution is 7.11. The van der Waals surface area contributed by atoms with E-state index in [9.17, 15) is 4.79 Å². The average molecular weight is 415 g/mol. The Kier molecular flexibility index (Phi) is 7.93. The molecule has 1 aliphatic rings. The number of guanidine groups is 1. The predicted molar refractivity (Wildman–Crippen MR) is 119 cm³/mol. The second-order valence-corrected chi connectivity index (χ2v) is 8.35. The number of nitrogens with one attached hydrogen (secondary N) is 3. The molecule has 0 spiro atoms. The number of carbonyl (C=O) groups is 1. The van der Waals surface area contributed by atoms with E-state index in [-0.39, 0.29) is 12.5 Å². The number of hydrogen-bond acceptors (Lipinski definition) is 4. The molecule has 0 aliphatic heterocycles. The first-order chi connectivity index (χ1) is 14.2. The molecular formula is C22H30N4O2S. The first-order valence-corrected chi connectivity index (χ1v) is 11.0. The van der Waals surface area contributed by atoms with Crippen molar-refractivity contribution in [1.29, 1.82) is 0 Å². The van der Waals surface area contributed by atoms with Crippen LogP contribution in [0, 0.1) is 0 Å². The summed E-state index contributed by atoms with van der Waals surface area (Å²) < 4.78 is 5.54. The number of hydrogen-bond donors (Lipinski definition) is 3. The molecule has 1 aromatic heterocycles. The third-order valence-electron chi connectivity index (χ3n) is 4.66. The molecule has 1 saturated carbocycles. The summed E-state index contributed by atoms with van der Waals surface area (Å²) in [5.74, 6) is 1.47. The number of nitrogens with zero attached hydrogens (tertiary/aromatic N) is 1. The average Bonchev–Trinajstić information content (AvgIpc) is 3.43. The minimum atomic E-state index is -0.0480. The van der Waals surface area contributed by atoms with Gasteiger partial charge in [-0.15, -0.1) is 11.3 Å². The number of amides is 1. The van der Waals surface area contributed by atoms with Crippen LogP contribution >= 0.6 is 11.3 Å². The Morgan fingerprint density at radius 1 is 1.14 bits per heavy atom. The molecule has 3 N–H and O–H groups in total. The van der Waals surface area contributed by atoms with E-state index in [0.29, 0.717) is 11.8 Å². The van der Waals surface area contributed by atoms with Gasteiger partial charge < -0.3 is 20.7 Å². The zero-order valence-corrected chi connectivity index (χ0v) is 18.0. The van der Waals surface area contributed by atoms with Gasteiger partial charge in [0.05, 0.1) is 6.54 Å². The van der Waals surface area contributed by atoms with Gasteiger partial charge in [0, 0.05) is 29.4 Å². The molecule has 0 unspecified atom stereocenters. The number of carbonyl (C=O) groups excluding carboxylic acids is 1. The van der Waals surface area contributed by atoms with Crippen LogP contribution in [-0.2, 0) is 24.2 Å². The number of benzene rings is 1. The molecule has 1 heterocycles. The van der Waals surface area contributed by atoms with E-state index >= 15 is 0 Å². The number of rotatable bonds is 10. The van der Waals surface area contributed by atoms with Gasteiger partial charge >= 0.3 is 0 Å². The van der Waals surface area contributed by atoms with E-state index in [2.05, 4.69) is 40.0 Å². The zero-order chi connectivity index (χ0) is 20.5. The van der Waals surface area contributed by atoms with Crippen molar-refractivity contribution in [1.82, 2.24) is 16.0 Å². The minimum Gasteiger partial charge on any atom is -0.484 e. The topological polar surface area (TPSA) is 74.8 Å². The van der Waals surface area contributed by atoms with Gasteiger partial charge in [0.2, 0.25) is 0 Å². The monoisotopic (exact) mass is 414 g/mol. The Balaban J connectivity index is 1.34. The molecule has 1 aromatic carbocycles. The van der Waals surface area contributed by atoms with Crippen molar-refractivity contribution in [2.24, 2.45) is 4.99 Å². The lowest BCUT2D eigenvalue weighted by molar-refractivity contribution is -0.123. The molecule has 0 bridgehead atoms. The van der Waals surface area contributed by atoms with Crippen molar-refractivity contribution in [3.8, 4) is 5.75 Å². The third kappa shape index (κ3) is 7.42. The fourth-order valence-electron chi connectivity index (χ4n) is 2.82. The van der Waals surface area contributed by atoms with Gasteiger partial charge in [-0.2, -0.15) is 0 Å². The quantitative estimate of drug-likeness (QED) is 0.413. The SMILES string of the molecule is CCc1ccc(CNC(=NC)NCCc2ccc(OCC(=O)NC3CC3)cc2)s1. The van der Waals surface area contributed by atoms with E-state index in [1.807, 2.05) is 35.6 Å². The summed E-state index contributed by atoms with van der Waals surface area (Å²) in [6.07, 6.45) is 4.13. The largest absolute Gasteiger partial charge is 0.484 e. The lowest BCUT2D eigenvalue weighted by Crippen LogP contribution is -2.37. The molecule has 156 valence electrons. The van der Waals surface area contributed by atoms with Crippen LogP contribution < -0.4 is 20.7 Å². The van der Waals surface area contributed by atoms with Crippen LogP contribution in [0.1, 0.15) is 35.1 Å². The molecule has 6 nitrogen and oxygen atoms in total. The molecule has 1 aliphatic carbocycles. The summed E-state index contributed by atoms with van der Waals surface area (Å²) in [7, 11) is 1.78. The summed E-state index contributed by atoms with van der Waals surface area (Å²) >= 11 is 1.84. The number of thiophene rings is 1. The van der Waals surface area contributed by atoms with Crippen LogP contribution in [0.25, 0.3) is 0 Å². The molecular weight excluding hydrogens is 384 g/mol. The summed E-state index contributed by atoms with van der Waals surface area (Å²) in [5.41, 5.74) is 1.20. The third-order valence-corrected chi connectivity index (χ3v) is 5.89. The van der Waals surface area contributed by atoms with Crippen molar-refractivity contribution in [2.45, 2.75) is 45.2 Å². The Labute approximate surface area is 176 Å². The lowest BCUT2D eigenvalue weighted by Gasteiger charge is -2.11. The van der Waals surface area contributed by atoms with Crippen LogP contribution in [0.15, 0.2) is 41.4 Å². The second-order valence-electron chi connectivity index (χ2n) is 7.10. The minimum absolute atomic E-state index is 0.0480. The Hall–Kier alpha value is -2.54. The summed E-state index contributed by atoms with van der Waals surface area (Å²) in [5, 5.41) is 9.62. The molecule has 0 radical (unpaired) electrons. The molecule has 29 heavy (non-hydrogen) atoms. The first kappa shape index (κ1) is 21.2. The van der Waals surface area contributed by atoms with Crippen molar-refractivity contribution in [3.05, 3.63) is 51.7 Å². The Morgan fingerprint density at radius 3 is 2.55 bits per heavy atom. The first-order valence-electron chi connectivity index (χ1n) is 10.2. The number of ether oxygens (including phenoxy) is 1. The van der Waals surface area contributed by atoms with Crippen LogP contribution in [0.4, 0.5) is 0 Å². The summed E-state index contributed by atoms with van der Waals surface area (Å²) in [6.45, 7) is 3.82.